The predicted octanol–water partition coefficient (Wildman–Crippen LogP) is 2.83. The minimum atomic E-state index is 0. The lowest BCUT2D eigenvalue weighted by molar-refractivity contribution is 0.315. The molecule has 3 N–H and O–H groups in total. The number of nitrogens with one attached hydrogen (secondary N) is 1. The number of hydrogen-bond donors (Lipinski definition) is 2. The lowest BCUT2D eigenvalue weighted by atomic mass is 9.85. The van der Waals surface area contributed by atoms with Crippen molar-refractivity contribution in [3.63, 3.8) is 0 Å². The zero-order valence-electron chi connectivity index (χ0n) is 12.2. The summed E-state index contributed by atoms with van der Waals surface area (Å²) in [7, 11) is 1.68. The summed E-state index contributed by atoms with van der Waals surface area (Å²) in [5.41, 5.74) is 8.15. The van der Waals surface area contributed by atoms with E-state index in [4.69, 9.17) is 10.5 Å². The minimum Gasteiger partial charge on any atom is -0.497 e. The van der Waals surface area contributed by atoms with Crippen molar-refractivity contribution in [1.82, 2.24) is 5.32 Å². The van der Waals surface area contributed by atoms with Gasteiger partial charge in [-0.3, -0.25) is 0 Å². The first kappa shape index (κ1) is 17.1. The van der Waals surface area contributed by atoms with Crippen molar-refractivity contribution >= 4 is 29.9 Å². The third kappa shape index (κ3) is 5.19. The lowest BCUT2D eigenvalue weighted by Gasteiger charge is -2.25. The van der Waals surface area contributed by atoms with E-state index in [1.807, 2.05) is 19.1 Å². The second kappa shape index (κ2) is 8.34. The van der Waals surface area contributed by atoms with Gasteiger partial charge in [0.2, 0.25) is 0 Å². The molecule has 0 amide bonds. The van der Waals surface area contributed by atoms with E-state index in [-0.39, 0.29) is 24.0 Å². The van der Waals surface area contributed by atoms with Gasteiger partial charge in [0, 0.05) is 6.54 Å². The van der Waals surface area contributed by atoms with Gasteiger partial charge in [-0.2, -0.15) is 0 Å². The number of nitrogens with zero attached hydrogens (tertiary/aromatic N) is 1. The number of rotatable bonds is 5. The Balaban J connectivity index is 0.00000200. The van der Waals surface area contributed by atoms with Crippen LogP contribution in [0.25, 0.3) is 0 Å². The molecule has 1 aliphatic carbocycles. The molecular formula is C15H24IN3O. The molecule has 0 radical (unpaired) electrons. The van der Waals surface area contributed by atoms with Crippen molar-refractivity contribution in [2.45, 2.75) is 32.7 Å². The molecule has 1 aliphatic rings. The molecule has 0 bridgehead atoms. The number of nitrogens with two attached hydrogens (primary N) is 1. The Bertz CT molecular complexity index is 458. The average Bonchev–Trinajstić information content (AvgIpc) is 2.34. The van der Waals surface area contributed by atoms with Crippen LogP contribution < -0.4 is 15.8 Å². The highest BCUT2D eigenvalue weighted by Gasteiger charge is 2.16. The fourth-order valence-corrected chi connectivity index (χ4v) is 2.21. The molecule has 0 aliphatic heterocycles. The van der Waals surface area contributed by atoms with Crippen LogP contribution in [0.1, 0.15) is 30.4 Å². The third-order valence-electron chi connectivity index (χ3n) is 3.57. The summed E-state index contributed by atoms with van der Waals surface area (Å²) in [5.74, 6) is 2.19. The molecule has 2 rings (SSSR count). The Hall–Kier alpha value is -0.980. The first-order chi connectivity index (χ1) is 9.17. The highest BCUT2D eigenvalue weighted by molar-refractivity contribution is 14.0. The van der Waals surface area contributed by atoms with Gasteiger partial charge in [-0.15, -0.1) is 24.0 Å². The largest absolute Gasteiger partial charge is 0.497 e. The van der Waals surface area contributed by atoms with Crippen molar-refractivity contribution in [3.05, 3.63) is 29.3 Å². The Morgan fingerprint density at radius 3 is 2.75 bits per heavy atom. The first-order valence-electron chi connectivity index (χ1n) is 6.85. The molecule has 0 saturated heterocycles. The maximum Gasteiger partial charge on any atom is 0.188 e. The Morgan fingerprint density at radius 2 is 2.15 bits per heavy atom. The van der Waals surface area contributed by atoms with Crippen molar-refractivity contribution in [2.75, 3.05) is 13.7 Å². The number of aliphatic imine (C=N–C) groups is 1. The van der Waals surface area contributed by atoms with E-state index < -0.39 is 0 Å². The van der Waals surface area contributed by atoms with Crippen LogP contribution >= 0.6 is 24.0 Å². The van der Waals surface area contributed by atoms with E-state index in [9.17, 15) is 0 Å². The summed E-state index contributed by atoms with van der Waals surface area (Å²) in [6.45, 7) is 3.59. The molecule has 112 valence electrons. The summed E-state index contributed by atoms with van der Waals surface area (Å²) < 4.78 is 5.25. The minimum absolute atomic E-state index is 0. The molecule has 0 heterocycles. The molecule has 0 unspecified atom stereocenters. The number of methoxy groups -OCH3 is 1. The zero-order chi connectivity index (χ0) is 13.7. The molecule has 1 saturated carbocycles. The fourth-order valence-electron chi connectivity index (χ4n) is 2.21. The van der Waals surface area contributed by atoms with Crippen LogP contribution in [-0.2, 0) is 6.54 Å². The van der Waals surface area contributed by atoms with Gasteiger partial charge in [-0.05, 0) is 48.9 Å². The van der Waals surface area contributed by atoms with Gasteiger partial charge in [0.25, 0.3) is 0 Å². The normalized spacial score (nSPS) is 15.2. The Labute approximate surface area is 138 Å². The number of hydrogen-bond acceptors (Lipinski definition) is 2. The van der Waals surface area contributed by atoms with Crippen molar-refractivity contribution in [1.29, 1.82) is 0 Å². The number of ether oxygens (including phenoxy) is 1. The van der Waals surface area contributed by atoms with Crippen molar-refractivity contribution in [3.8, 4) is 5.75 Å². The van der Waals surface area contributed by atoms with Crippen LogP contribution in [0, 0.1) is 12.8 Å². The van der Waals surface area contributed by atoms with E-state index in [1.54, 1.807) is 7.11 Å². The summed E-state index contributed by atoms with van der Waals surface area (Å²) in [5, 5.41) is 3.19. The van der Waals surface area contributed by atoms with Gasteiger partial charge < -0.3 is 15.8 Å². The number of aryl methyl sites for hydroxylation is 1. The van der Waals surface area contributed by atoms with Crippen LogP contribution in [0.3, 0.4) is 0 Å². The zero-order valence-corrected chi connectivity index (χ0v) is 14.5. The number of benzene rings is 1. The fraction of sp³-hybridized carbons (Fsp3) is 0.533. The monoisotopic (exact) mass is 389 g/mol. The maximum absolute atomic E-state index is 5.86. The molecule has 0 spiro atoms. The number of halogens is 1. The van der Waals surface area contributed by atoms with E-state index in [0.29, 0.717) is 12.5 Å². The summed E-state index contributed by atoms with van der Waals surface area (Å²) in [6, 6.07) is 6.10. The highest BCUT2D eigenvalue weighted by atomic mass is 127. The molecule has 5 heteroatoms. The van der Waals surface area contributed by atoms with E-state index >= 15 is 0 Å². The Kier molecular flexibility index (Phi) is 7.12. The summed E-state index contributed by atoms with van der Waals surface area (Å²) in [6.07, 6.45) is 3.98. The van der Waals surface area contributed by atoms with Crippen LogP contribution in [0.2, 0.25) is 0 Å². The molecule has 20 heavy (non-hydrogen) atoms. The number of guanidine groups is 1. The molecule has 0 atom stereocenters. The molecular weight excluding hydrogens is 365 g/mol. The second-order valence-electron chi connectivity index (χ2n) is 5.24. The lowest BCUT2D eigenvalue weighted by Crippen LogP contribution is -2.37. The quantitative estimate of drug-likeness (QED) is 0.463. The van der Waals surface area contributed by atoms with E-state index in [0.717, 1.165) is 23.8 Å². The molecule has 1 aromatic carbocycles. The topological polar surface area (TPSA) is 59.6 Å². The van der Waals surface area contributed by atoms with E-state index in [1.165, 1.54) is 24.8 Å². The van der Waals surface area contributed by atoms with Crippen LogP contribution in [0.5, 0.6) is 5.75 Å². The van der Waals surface area contributed by atoms with Gasteiger partial charge in [0.1, 0.15) is 5.75 Å². The van der Waals surface area contributed by atoms with Gasteiger partial charge in [-0.25, -0.2) is 4.99 Å². The summed E-state index contributed by atoms with van der Waals surface area (Å²) >= 11 is 0. The van der Waals surface area contributed by atoms with Gasteiger partial charge in [-0.1, -0.05) is 12.5 Å². The smallest absolute Gasteiger partial charge is 0.188 e. The van der Waals surface area contributed by atoms with E-state index in [2.05, 4.69) is 16.4 Å². The standard InChI is InChI=1S/C15H23N3O.HI/c1-11-6-13(8-14(7-11)19-2)10-18-15(16)17-9-12-4-3-5-12;/h6-8,12H,3-5,9-10H2,1-2H3,(H3,16,17,18);1H. The van der Waals surface area contributed by atoms with Crippen LogP contribution in [0.4, 0.5) is 0 Å². The summed E-state index contributed by atoms with van der Waals surface area (Å²) in [4.78, 5) is 4.37. The van der Waals surface area contributed by atoms with Crippen LogP contribution in [0.15, 0.2) is 23.2 Å². The maximum atomic E-state index is 5.86. The van der Waals surface area contributed by atoms with Gasteiger partial charge in [0.05, 0.1) is 13.7 Å². The predicted molar refractivity (Wildman–Crippen MR) is 93.8 cm³/mol. The van der Waals surface area contributed by atoms with Gasteiger partial charge >= 0.3 is 0 Å². The Morgan fingerprint density at radius 1 is 1.40 bits per heavy atom. The first-order valence-corrected chi connectivity index (χ1v) is 6.85. The molecule has 1 fully saturated rings. The molecule has 1 aromatic rings. The molecule has 0 aromatic heterocycles. The second-order valence-corrected chi connectivity index (χ2v) is 5.24. The SMILES string of the molecule is COc1cc(C)cc(CN=C(N)NCC2CCC2)c1.I. The van der Waals surface area contributed by atoms with Crippen molar-refractivity contribution < 1.29 is 4.74 Å². The van der Waals surface area contributed by atoms with Gasteiger partial charge in [0.15, 0.2) is 5.96 Å². The molecule has 4 nitrogen and oxygen atoms in total. The van der Waals surface area contributed by atoms with Crippen molar-refractivity contribution in [2.24, 2.45) is 16.6 Å². The highest BCUT2D eigenvalue weighted by Crippen LogP contribution is 2.25. The van der Waals surface area contributed by atoms with Crippen LogP contribution in [-0.4, -0.2) is 19.6 Å². The third-order valence-corrected chi connectivity index (χ3v) is 3.57. The average molecular weight is 389 g/mol.